The summed E-state index contributed by atoms with van der Waals surface area (Å²) < 4.78 is 16.4. The Balaban J connectivity index is 2.05. The third-order valence-corrected chi connectivity index (χ3v) is 3.26. The number of furan rings is 1. The van der Waals surface area contributed by atoms with E-state index in [1.165, 1.54) is 0 Å². The number of hydrogen-bond donors (Lipinski definition) is 1. The van der Waals surface area contributed by atoms with Crippen LogP contribution in [0.25, 0.3) is 0 Å². The van der Waals surface area contributed by atoms with Gasteiger partial charge in [-0.25, -0.2) is 0 Å². The largest absolute Gasteiger partial charge is 0.490 e. The number of halogens is 1. The SMILES string of the molecule is CCOc1cc(Cl)c(CNCc2ccco2)cc1OCC. The normalized spacial score (nSPS) is 10.6. The van der Waals surface area contributed by atoms with Gasteiger partial charge in [-0.1, -0.05) is 11.6 Å². The first-order chi connectivity index (χ1) is 10.2. The van der Waals surface area contributed by atoms with E-state index in [9.17, 15) is 0 Å². The fraction of sp³-hybridized carbons (Fsp3) is 0.375. The molecule has 1 aromatic heterocycles. The topological polar surface area (TPSA) is 43.6 Å². The van der Waals surface area contributed by atoms with Crippen molar-refractivity contribution in [3.05, 3.63) is 46.9 Å². The Hall–Kier alpha value is -1.65. The molecule has 21 heavy (non-hydrogen) atoms. The molecule has 1 aromatic carbocycles. The molecule has 0 fully saturated rings. The first-order valence-electron chi connectivity index (χ1n) is 7.05. The van der Waals surface area contributed by atoms with Crippen molar-refractivity contribution in [2.75, 3.05) is 13.2 Å². The van der Waals surface area contributed by atoms with Gasteiger partial charge in [0.1, 0.15) is 5.76 Å². The molecule has 0 saturated carbocycles. The fourth-order valence-electron chi connectivity index (χ4n) is 1.98. The minimum absolute atomic E-state index is 0.576. The molecule has 0 spiro atoms. The van der Waals surface area contributed by atoms with Crippen LogP contribution in [0.1, 0.15) is 25.2 Å². The predicted molar refractivity (Wildman–Crippen MR) is 83.0 cm³/mol. The van der Waals surface area contributed by atoms with Gasteiger partial charge in [-0.05, 0) is 37.6 Å². The van der Waals surface area contributed by atoms with Gasteiger partial charge < -0.3 is 19.2 Å². The molecule has 0 aliphatic carbocycles. The Labute approximate surface area is 130 Å². The van der Waals surface area contributed by atoms with Gasteiger partial charge in [0.25, 0.3) is 0 Å². The van der Waals surface area contributed by atoms with E-state index in [1.807, 2.05) is 32.0 Å². The highest BCUT2D eigenvalue weighted by atomic mass is 35.5. The lowest BCUT2D eigenvalue weighted by Crippen LogP contribution is -2.13. The lowest BCUT2D eigenvalue weighted by molar-refractivity contribution is 0.287. The maximum Gasteiger partial charge on any atom is 0.162 e. The van der Waals surface area contributed by atoms with Crippen molar-refractivity contribution >= 4 is 11.6 Å². The predicted octanol–water partition coefficient (Wildman–Crippen LogP) is 4.02. The molecular weight excluding hydrogens is 290 g/mol. The molecule has 114 valence electrons. The molecule has 4 nitrogen and oxygen atoms in total. The molecule has 0 aliphatic heterocycles. The number of hydrogen-bond acceptors (Lipinski definition) is 4. The van der Waals surface area contributed by atoms with E-state index in [2.05, 4.69) is 5.32 Å². The maximum absolute atomic E-state index is 6.30. The van der Waals surface area contributed by atoms with Gasteiger partial charge in [0.2, 0.25) is 0 Å². The minimum atomic E-state index is 0.576. The van der Waals surface area contributed by atoms with Crippen LogP contribution in [0.5, 0.6) is 11.5 Å². The third-order valence-electron chi connectivity index (χ3n) is 2.91. The molecular formula is C16H20ClNO3. The standard InChI is InChI=1S/C16H20ClNO3/c1-3-19-15-8-12(14(17)9-16(15)20-4-2)10-18-11-13-6-5-7-21-13/h5-9,18H,3-4,10-11H2,1-2H3. The Kier molecular flexibility index (Phi) is 5.96. The molecule has 2 aromatic rings. The molecule has 0 unspecified atom stereocenters. The smallest absolute Gasteiger partial charge is 0.162 e. The van der Waals surface area contributed by atoms with E-state index >= 15 is 0 Å². The van der Waals surface area contributed by atoms with Crippen LogP contribution in [-0.2, 0) is 13.1 Å². The second kappa shape index (κ2) is 7.96. The first kappa shape index (κ1) is 15.7. The monoisotopic (exact) mass is 309 g/mol. The highest BCUT2D eigenvalue weighted by Crippen LogP contribution is 2.33. The second-order valence-electron chi connectivity index (χ2n) is 4.44. The summed E-state index contributed by atoms with van der Waals surface area (Å²) in [4.78, 5) is 0. The Bertz CT molecular complexity index is 555. The summed E-state index contributed by atoms with van der Waals surface area (Å²) in [5, 5.41) is 3.95. The summed E-state index contributed by atoms with van der Waals surface area (Å²) in [5.41, 5.74) is 0.968. The molecule has 0 saturated heterocycles. The van der Waals surface area contributed by atoms with E-state index in [0.717, 1.165) is 17.1 Å². The quantitative estimate of drug-likeness (QED) is 0.800. The van der Waals surface area contributed by atoms with Crippen molar-refractivity contribution in [3.8, 4) is 11.5 Å². The molecule has 1 N–H and O–H groups in total. The van der Waals surface area contributed by atoms with Crippen LogP contribution < -0.4 is 14.8 Å². The van der Waals surface area contributed by atoms with E-state index in [1.54, 1.807) is 12.3 Å². The lowest BCUT2D eigenvalue weighted by atomic mass is 10.2. The molecule has 0 aliphatic rings. The van der Waals surface area contributed by atoms with Crippen molar-refractivity contribution in [1.82, 2.24) is 5.32 Å². The van der Waals surface area contributed by atoms with E-state index in [4.69, 9.17) is 25.5 Å². The van der Waals surface area contributed by atoms with Gasteiger partial charge in [0.05, 0.1) is 26.0 Å². The minimum Gasteiger partial charge on any atom is -0.490 e. The number of nitrogens with one attached hydrogen (secondary N) is 1. The van der Waals surface area contributed by atoms with Crippen molar-refractivity contribution in [2.45, 2.75) is 26.9 Å². The highest BCUT2D eigenvalue weighted by Gasteiger charge is 2.11. The zero-order valence-corrected chi connectivity index (χ0v) is 13.1. The maximum atomic E-state index is 6.30. The van der Waals surface area contributed by atoms with Crippen LogP contribution in [0.3, 0.4) is 0 Å². The zero-order chi connectivity index (χ0) is 15.1. The number of rotatable bonds is 8. The first-order valence-corrected chi connectivity index (χ1v) is 7.43. The van der Waals surface area contributed by atoms with Gasteiger partial charge in [-0.15, -0.1) is 0 Å². The molecule has 0 amide bonds. The average Bonchev–Trinajstić information content (AvgIpc) is 2.97. The van der Waals surface area contributed by atoms with Crippen molar-refractivity contribution < 1.29 is 13.9 Å². The summed E-state index contributed by atoms with van der Waals surface area (Å²) in [6.45, 7) is 6.32. The summed E-state index contributed by atoms with van der Waals surface area (Å²) >= 11 is 6.30. The molecule has 0 atom stereocenters. The van der Waals surface area contributed by atoms with Crippen LogP contribution in [0.4, 0.5) is 0 Å². The fourth-order valence-corrected chi connectivity index (χ4v) is 2.20. The van der Waals surface area contributed by atoms with Crippen LogP contribution in [0.2, 0.25) is 5.02 Å². The van der Waals surface area contributed by atoms with Crippen molar-refractivity contribution in [1.29, 1.82) is 0 Å². The summed E-state index contributed by atoms with van der Waals surface area (Å²) in [7, 11) is 0. The Morgan fingerprint density at radius 1 is 1.10 bits per heavy atom. The average molecular weight is 310 g/mol. The summed E-state index contributed by atoms with van der Waals surface area (Å²) in [6, 6.07) is 7.53. The van der Waals surface area contributed by atoms with Crippen molar-refractivity contribution in [3.63, 3.8) is 0 Å². The van der Waals surface area contributed by atoms with Crippen molar-refractivity contribution in [2.24, 2.45) is 0 Å². The van der Waals surface area contributed by atoms with Gasteiger partial charge in [-0.2, -0.15) is 0 Å². The second-order valence-corrected chi connectivity index (χ2v) is 4.85. The molecule has 1 heterocycles. The van der Waals surface area contributed by atoms with Gasteiger partial charge in [0.15, 0.2) is 11.5 Å². The molecule has 0 radical (unpaired) electrons. The van der Waals surface area contributed by atoms with Crippen LogP contribution in [-0.4, -0.2) is 13.2 Å². The number of benzene rings is 1. The van der Waals surface area contributed by atoms with Gasteiger partial charge >= 0.3 is 0 Å². The van der Waals surface area contributed by atoms with Gasteiger partial charge in [-0.3, -0.25) is 0 Å². The lowest BCUT2D eigenvalue weighted by Gasteiger charge is -2.14. The van der Waals surface area contributed by atoms with E-state index in [0.29, 0.717) is 37.1 Å². The van der Waals surface area contributed by atoms with Crippen LogP contribution in [0, 0.1) is 0 Å². The van der Waals surface area contributed by atoms with Crippen LogP contribution in [0.15, 0.2) is 34.9 Å². The van der Waals surface area contributed by atoms with Gasteiger partial charge in [0, 0.05) is 17.6 Å². The zero-order valence-electron chi connectivity index (χ0n) is 12.3. The molecule has 0 bridgehead atoms. The number of ether oxygens (including phenoxy) is 2. The highest BCUT2D eigenvalue weighted by molar-refractivity contribution is 6.31. The van der Waals surface area contributed by atoms with Crippen LogP contribution >= 0.6 is 11.6 Å². The molecule has 5 heteroatoms. The molecule has 2 rings (SSSR count). The summed E-state index contributed by atoms with van der Waals surface area (Å²) in [5.74, 6) is 2.29. The summed E-state index contributed by atoms with van der Waals surface area (Å²) in [6.07, 6.45) is 1.66. The Morgan fingerprint density at radius 3 is 2.43 bits per heavy atom. The van der Waals surface area contributed by atoms with E-state index < -0.39 is 0 Å². The Morgan fingerprint density at radius 2 is 1.81 bits per heavy atom. The van der Waals surface area contributed by atoms with E-state index in [-0.39, 0.29) is 0 Å². The third kappa shape index (κ3) is 4.41.